The van der Waals surface area contributed by atoms with Crippen LogP contribution in [0.4, 0.5) is 0 Å². The first-order chi connectivity index (χ1) is 6.39. The fourth-order valence-electron chi connectivity index (χ4n) is 2.72. The van der Waals surface area contributed by atoms with Gasteiger partial charge in [0.05, 0.1) is 16.1 Å². The zero-order valence-corrected chi connectivity index (χ0v) is 12.5. The minimum absolute atomic E-state index is 0.534. The molecule has 0 aromatic carbocycles. The molecule has 0 rings (SSSR count). The Hall–Kier alpha value is -0.626. The highest BCUT2D eigenvalue weighted by molar-refractivity contribution is 7.06. The maximum Gasteiger partial charge on any atom is 0.227 e. The molecule has 4 N–H and O–H groups in total. The molecule has 15 heavy (non-hydrogen) atoms. The van der Waals surface area contributed by atoms with E-state index in [0.29, 0.717) is 0 Å². The third-order valence-electron chi connectivity index (χ3n) is 2.99. The number of rotatable bonds is 4. The zero-order chi connectivity index (χ0) is 12.7. The van der Waals surface area contributed by atoms with E-state index in [4.69, 9.17) is 11.5 Å². The van der Waals surface area contributed by atoms with Gasteiger partial charge < -0.3 is 11.5 Å². The molecule has 0 aromatic heterocycles. The van der Waals surface area contributed by atoms with Crippen molar-refractivity contribution in [1.29, 1.82) is 0 Å². The molecule has 0 fully saturated rings. The van der Waals surface area contributed by atoms with Gasteiger partial charge in [0.15, 0.2) is 0 Å². The number of primary amides is 2. The first-order valence-corrected chi connectivity index (χ1v) is 12.0. The molecule has 0 aliphatic heterocycles. The van der Waals surface area contributed by atoms with Crippen LogP contribution >= 0.6 is 0 Å². The Bertz CT molecular complexity index is 259. The molecule has 0 atom stereocenters. The summed E-state index contributed by atoms with van der Waals surface area (Å²) in [7, 11) is -4.17. The maximum absolute atomic E-state index is 11.7. The van der Waals surface area contributed by atoms with Gasteiger partial charge in [-0.15, -0.1) is 0 Å². The second-order valence-electron chi connectivity index (χ2n) is 5.98. The van der Waals surface area contributed by atoms with Crippen molar-refractivity contribution in [3.8, 4) is 0 Å². The van der Waals surface area contributed by atoms with Gasteiger partial charge in [-0.1, -0.05) is 39.3 Å². The zero-order valence-electron chi connectivity index (χ0n) is 10.5. The second kappa shape index (κ2) is 3.75. The molecule has 88 valence electrons. The molecular formula is C9H22N2O2Si2. The fourth-order valence-corrected chi connectivity index (χ4v) is 14.7. The van der Waals surface area contributed by atoms with Gasteiger partial charge in [-0.3, -0.25) is 9.59 Å². The Morgan fingerprint density at radius 3 is 1.00 bits per heavy atom. The number of hydrogen-bond acceptors (Lipinski definition) is 2. The monoisotopic (exact) mass is 246 g/mol. The van der Waals surface area contributed by atoms with Crippen molar-refractivity contribution in [3.05, 3.63) is 0 Å². The number of carbonyl (C=O) groups is 2. The third-order valence-corrected chi connectivity index (χ3v) is 13.0. The van der Waals surface area contributed by atoms with Crippen molar-refractivity contribution in [2.75, 3.05) is 0 Å². The summed E-state index contributed by atoms with van der Waals surface area (Å²) in [5.41, 5.74) is 10.9. The normalized spacial score (nSPS) is 13.7. The van der Waals surface area contributed by atoms with Crippen LogP contribution in [0.2, 0.25) is 43.9 Å². The summed E-state index contributed by atoms with van der Waals surface area (Å²) in [4.78, 5) is 23.5. The molecule has 0 aliphatic carbocycles. The number of nitrogens with two attached hydrogens (primary N) is 2. The summed E-state index contributed by atoms with van der Waals surface area (Å²) < 4.78 is -1.07. The topological polar surface area (TPSA) is 86.2 Å². The predicted molar refractivity (Wildman–Crippen MR) is 67.8 cm³/mol. The molecule has 6 heteroatoms. The Labute approximate surface area is 93.4 Å². The first kappa shape index (κ1) is 14.4. The van der Waals surface area contributed by atoms with E-state index in [0.717, 1.165) is 0 Å². The summed E-state index contributed by atoms with van der Waals surface area (Å²) in [6, 6.07) is 0. The van der Waals surface area contributed by atoms with Crippen LogP contribution in [-0.2, 0) is 9.59 Å². The molecule has 0 spiro atoms. The van der Waals surface area contributed by atoms with Crippen LogP contribution in [0.3, 0.4) is 0 Å². The molecular weight excluding hydrogens is 224 g/mol. The molecule has 4 nitrogen and oxygen atoms in total. The average molecular weight is 246 g/mol. The van der Waals surface area contributed by atoms with E-state index in [1.165, 1.54) is 0 Å². The van der Waals surface area contributed by atoms with Gasteiger partial charge in [-0.2, -0.15) is 0 Å². The van der Waals surface area contributed by atoms with Crippen LogP contribution < -0.4 is 11.5 Å². The maximum atomic E-state index is 11.7. The Balaban J connectivity index is 5.97. The molecule has 0 radical (unpaired) electrons. The second-order valence-corrected chi connectivity index (χ2v) is 17.0. The van der Waals surface area contributed by atoms with Crippen LogP contribution in [-0.4, -0.2) is 28.0 Å². The van der Waals surface area contributed by atoms with Gasteiger partial charge in [-0.05, 0) is 0 Å². The van der Waals surface area contributed by atoms with E-state index in [1.54, 1.807) is 0 Å². The lowest BCUT2D eigenvalue weighted by atomic mass is 10.3. The first-order valence-electron chi connectivity index (χ1n) is 4.99. The van der Waals surface area contributed by atoms with Gasteiger partial charge in [0.25, 0.3) is 0 Å². The molecule has 0 unspecified atom stereocenters. The van der Waals surface area contributed by atoms with E-state index in [1.807, 2.05) is 39.3 Å². The summed E-state index contributed by atoms with van der Waals surface area (Å²) in [5, 5.41) is 0. The summed E-state index contributed by atoms with van der Waals surface area (Å²) in [5.74, 6) is -1.07. The van der Waals surface area contributed by atoms with Crippen LogP contribution in [0.5, 0.6) is 0 Å². The smallest absolute Gasteiger partial charge is 0.227 e. The highest BCUT2D eigenvalue weighted by Crippen LogP contribution is 2.46. The lowest BCUT2D eigenvalue weighted by Crippen LogP contribution is -2.66. The quantitative estimate of drug-likeness (QED) is 0.571. The van der Waals surface area contributed by atoms with Crippen LogP contribution in [0.1, 0.15) is 0 Å². The fraction of sp³-hybridized carbons (Fsp3) is 0.778. The molecule has 0 saturated heterocycles. The van der Waals surface area contributed by atoms with E-state index in [-0.39, 0.29) is 0 Å². The van der Waals surface area contributed by atoms with E-state index in [2.05, 4.69) is 0 Å². The van der Waals surface area contributed by atoms with Crippen LogP contribution in [0.15, 0.2) is 0 Å². The summed E-state index contributed by atoms with van der Waals surface area (Å²) >= 11 is 0. The van der Waals surface area contributed by atoms with E-state index < -0.39 is 32.6 Å². The average Bonchev–Trinajstić information content (AvgIpc) is 1.75. The summed E-state index contributed by atoms with van der Waals surface area (Å²) in [6.07, 6.45) is 0. The van der Waals surface area contributed by atoms with Gasteiger partial charge in [0.2, 0.25) is 11.8 Å². The molecule has 0 aliphatic rings. The Kier molecular flexibility index (Phi) is 3.59. The molecule has 0 heterocycles. The van der Waals surface area contributed by atoms with Gasteiger partial charge >= 0.3 is 0 Å². The highest BCUT2D eigenvalue weighted by atomic mass is 28.4. The number of amides is 2. The van der Waals surface area contributed by atoms with Gasteiger partial charge in [0, 0.05) is 0 Å². The highest BCUT2D eigenvalue weighted by Gasteiger charge is 2.61. The van der Waals surface area contributed by atoms with E-state index in [9.17, 15) is 9.59 Å². The molecule has 0 saturated carbocycles. The van der Waals surface area contributed by atoms with Crippen molar-refractivity contribution in [1.82, 2.24) is 0 Å². The van der Waals surface area contributed by atoms with Crippen molar-refractivity contribution in [3.63, 3.8) is 0 Å². The lowest BCUT2D eigenvalue weighted by molar-refractivity contribution is -0.127. The molecule has 0 aromatic rings. The van der Waals surface area contributed by atoms with Gasteiger partial charge in [0.1, 0.15) is 4.66 Å². The standard InChI is InChI=1S/C9H22N2O2Si2/c1-14(2,3)9(7(10)12,8(11)13)15(4,5)6/h1-6H3,(H2,10,12)(H2,11,13). The SMILES string of the molecule is C[Si](C)(C)C(C(N)=O)(C(N)=O)[Si](C)(C)C. The van der Waals surface area contributed by atoms with Crippen molar-refractivity contribution in [2.24, 2.45) is 11.5 Å². The van der Waals surface area contributed by atoms with Crippen molar-refractivity contribution < 1.29 is 9.59 Å². The van der Waals surface area contributed by atoms with Gasteiger partial charge in [-0.25, -0.2) is 0 Å². The minimum Gasteiger partial charge on any atom is -0.369 e. The summed E-state index contributed by atoms with van der Waals surface area (Å²) in [6.45, 7) is 11.8. The minimum atomic E-state index is -2.09. The third kappa shape index (κ3) is 2.01. The van der Waals surface area contributed by atoms with Crippen molar-refractivity contribution in [2.45, 2.75) is 43.9 Å². The van der Waals surface area contributed by atoms with Crippen LogP contribution in [0.25, 0.3) is 0 Å². The van der Waals surface area contributed by atoms with E-state index >= 15 is 0 Å². The number of carbonyl (C=O) groups excluding carboxylic acids is 2. The molecule has 2 amide bonds. The number of hydrogen-bond donors (Lipinski definition) is 2. The lowest BCUT2D eigenvalue weighted by Gasteiger charge is -2.46. The predicted octanol–water partition coefficient (Wildman–Crippen LogP) is 0.913. The van der Waals surface area contributed by atoms with Crippen LogP contribution in [0, 0.1) is 0 Å². The Morgan fingerprint density at radius 1 is 0.800 bits per heavy atom. The van der Waals surface area contributed by atoms with Crippen molar-refractivity contribution >= 4 is 28.0 Å². The Morgan fingerprint density at radius 2 is 1.00 bits per heavy atom. The largest absolute Gasteiger partial charge is 0.369 e. The molecule has 0 bridgehead atoms.